The van der Waals surface area contributed by atoms with Gasteiger partial charge in [-0.2, -0.15) is 0 Å². The highest BCUT2D eigenvalue weighted by Gasteiger charge is 2.22. The Labute approximate surface area is 148 Å². The van der Waals surface area contributed by atoms with Gasteiger partial charge in [-0.05, 0) is 49.6 Å². The quantitative estimate of drug-likeness (QED) is 0.755. The molecule has 0 aliphatic heterocycles. The van der Waals surface area contributed by atoms with Gasteiger partial charge in [0.05, 0.1) is 12.6 Å². The molecule has 0 saturated heterocycles. The molecule has 0 aliphatic carbocycles. The summed E-state index contributed by atoms with van der Waals surface area (Å²) in [6.07, 6.45) is 0. The minimum atomic E-state index is -1.000. The van der Waals surface area contributed by atoms with Gasteiger partial charge in [0.15, 0.2) is 0 Å². The van der Waals surface area contributed by atoms with E-state index in [1.54, 1.807) is 30.3 Å². The Balaban J connectivity index is 2.04. The molecule has 0 aliphatic rings. The monoisotopic (exact) mass is 340 g/mol. The maximum atomic E-state index is 12.4. The first kappa shape index (κ1) is 18.7. The van der Waals surface area contributed by atoms with E-state index in [-0.39, 0.29) is 6.04 Å². The van der Waals surface area contributed by atoms with Crippen LogP contribution in [0.3, 0.4) is 0 Å². The number of amides is 2. The first-order chi connectivity index (χ1) is 11.9. The number of hydrogen-bond acceptors (Lipinski definition) is 3. The summed E-state index contributed by atoms with van der Waals surface area (Å²) in [5.41, 5.74) is 3.72. The first-order valence-electron chi connectivity index (χ1n) is 8.27. The predicted octanol–water partition coefficient (Wildman–Crippen LogP) is 2.27. The number of carbonyl (C=O) groups is 2. The first-order valence-corrected chi connectivity index (χ1v) is 8.27. The molecule has 132 valence electrons. The maximum absolute atomic E-state index is 12.4. The third-order valence-electron chi connectivity index (χ3n) is 4.31. The molecule has 2 rings (SSSR count). The summed E-state index contributed by atoms with van der Waals surface area (Å²) in [6.45, 7) is 5.44. The molecule has 0 fully saturated rings. The van der Waals surface area contributed by atoms with Crippen molar-refractivity contribution in [3.8, 4) is 0 Å². The van der Waals surface area contributed by atoms with E-state index in [2.05, 4.69) is 10.6 Å². The van der Waals surface area contributed by atoms with E-state index in [1.807, 2.05) is 39.0 Å². The van der Waals surface area contributed by atoms with Gasteiger partial charge in [-0.1, -0.05) is 36.4 Å². The largest absolute Gasteiger partial charge is 0.394 e. The van der Waals surface area contributed by atoms with Gasteiger partial charge in [0.2, 0.25) is 5.91 Å². The zero-order valence-corrected chi connectivity index (χ0v) is 14.7. The molecule has 0 spiro atoms. The SMILES string of the molecule is Cc1cccc([C@H](C)NC(=O)[C@H](CO)NC(=O)c2ccccc2)c1C. The fourth-order valence-electron chi connectivity index (χ4n) is 2.66. The molecule has 2 atom stereocenters. The van der Waals surface area contributed by atoms with Crippen LogP contribution in [0.2, 0.25) is 0 Å². The molecule has 0 unspecified atom stereocenters. The third-order valence-corrected chi connectivity index (χ3v) is 4.31. The van der Waals surface area contributed by atoms with Crippen molar-refractivity contribution in [1.29, 1.82) is 0 Å². The van der Waals surface area contributed by atoms with Crippen molar-refractivity contribution < 1.29 is 14.7 Å². The standard InChI is InChI=1S/C20H24N2O3/c1-13-8-7-11-17(14(13)2)15(3)21-20(25)18(12-23)22-19(24)16-9-5-4-6-10-16/h4-11,15,18,23H,12H2,1-3H3,(H,21,25)(H,22,24)/t15-,18-/m0/s1. The van der Waals surface area contributed by atoms with E-state index in [0.29, 0.717) is 5.56 Å². The van der Waals surface area contributed by atoms with Crippen LogP contribution in [0.5, 0.6) is 0 Å². The van der Waals surface area contributed by atoms with Crippen molar-refractivity contribution in [2.24, 2.45) is 0 Å². The number of aliphatic hydroxyl groups excluding tert-OH is 1. The zero-order valence-electron chi connectivity index (χ0n) is 14.7. The number of aliphatic hydroxyl groups is 1. The number of hydrogen-bond donors (Lipinski definition) is 3. The van der Waals surface area contributed by atoms with Crippen LogP contribution in [-0.4, -0.2) is 29.6 Å². The van der Waals surface area contributed by atoms with Crippen molar-refractivity contribution in [3.05, 3.63) is 70.8 Å². The van der Waals surface area contributed by atoms with Gasteiger partial charge < -0.3 is 15.7 Å². The van der Waals surface area contributed by atoms with Gasteiger partial charge in [0.25, 0.3) is 5.91 Å². The molecule has 0 bridgehead atoms. The maximum Gasteiger partial charge on any atom is 0.251 e. The highest BCUT2D eigenvalue weighted by Crippen LogP contribution is 2.20. The van der Waals surface area contributed by atoms with Gasteiger partial charge in [0.1, 0.15) is 6.04 Å². The Hall–Kier alpha value is -2.66. The summed E-state index contributed by atoms with van der Waals surface area (Å²) in [5.74, 6) is -0.811. The van der Waals surface area contributed by atoms with Gasteiger partial charge in [-0.3, -0.25) is 9.59 Å². The minimum Gasteiger partial charge on any atom is -0.394 e. The Morgan fingerprint density at radius 1 is 1.00 bits per heavy atom. The number of benzene rings is 2. The number of aryl methyl sites for hydroxylation is 1. The van der Waals surface area contributed by atoms with Crippen LogP contribution in [0.4, 0.5) is 0 Å². The Morgan fingerprint density at radius 2 is 1.68 bits per heavy atom. The summed E-state index contributed by atoms with van der Waals surface area (Å²) in [6, 6.07) is 13.3. The Kier molecular flexibility index (Phi) is 6.31. The van der Waals surface area contributed by atoms with E-state index in [4.69, 9.17) is 0 Å². The molecule has 0 heterocycles. The average Bonchev–Trinajstić information content (AvgIpc) is 2.62. The number of carbonyl (C=O) groups excluding carboxylic acids is 2. The van der Waals surface area contributed by atoms with Crippen LogP contribution < -0.4 is 10.6 Å². The lowest BCUT2D eigenvalue weighted by Gasteiger charge is -2.22. The molecule has 25 heavy (non-hydrogen) atoms. The van der Waals surface area contributed by atoms with E-state index >= 15 is 0 Å². The number of nitrogens with one attached hydrogen (secondary N) is 2. The summed E-state index contributed by atoms with van der Waals surface area (Å²) >= 11 is 0. The molecule has 2 aromatic carbocycles. The molecular formula is C20H24N2O3. The highest BCUT2D eigenvalue weighted by atomic mass is 16.3. The Morgan fingerprint density at radius 3 is 2.32 bits per heavy atom. The van der Waals surface area contributed by atoms with Crippen molar-refractivity contribution in [1.82, 2.24) is 10.6 Å². The lowest BCUT2D eigenvalue weighted by atomic mass is 9.98. The Bertz CT molecular complexity index is 744. The smallest absolute Gasteiger partial charge is 0.251 e. The lowest BCUT2D eigenvalue weighted by molar-refractivity contribution is -0.124. The van der Waals surface area contributed by atoms with E-state index < -0.39 is 24.5 Å². The van der Waals surface area contributed by atoms with Crippen molar-refractivity contribution in [3.63, 3.8) is 0 Å². The molecule has 0 saturated carbocycles. The highest BCUT2D eigenvalue weighted by molar-refractivity contribution is 5.97. The fraction of sp³-hybridized carbons (Fsp3) is 0.300. The molecular weight excluding hydrogens is 316 g/mol. The second-order valence-electron chi connectivity index (χ2n) is 6.09. The molecule has 3 N–H and O–H groups in total. The molecule has 2 amide bonds. The van der Waals surface area contributed by atoms with Gasteiger partial charge in [-0.25, -0.2) is 0 Å². The second kappa shape index (κ2) is 8.44. The fourth-order valence-corrected chi connectivity index (χ4v) is 2.66. The predicted molar refractivity (Wildman–Crippen MR) is 97.3 cm³/mol. The summed E-state index contributed by atoms with van der Waals surface area (Å²) in [4.78, 5) is 24.6. The van der Waals surface area contributed by atoms with Crippen LogP contribution in [0, 0.1) is 13.8 Å². The molecule has 0 radical (unpaired) electrons. The third kappa shape index (κ3) is 4.67. The lowest BCUT2D eigenvalue weighted by Crippen LogP contribution is -2.49. The molecule has 2 aromatic rings. The number of rotatable bonds is 6. The van der Waals surface area contributed by atoms with Crippen LogP contribution >= 0.6 is 0 Å². The van der Waals surface area contributed by atoms with Crippen LogP contribution in [0.15, 0.2) is 48.5 Å². The second-order valence-corrected chi connectivity index (χ2v) is 6.09. The van der Waals surface area contributed by atoms with Crippen LogP contribution in [0.1, 0.15) is 40.0 Å². The van der Waals surface area contributed by atoms with E-state index in [0.717, 1.165) is 16.7 Å². The van der Waals surface area contributed by atoms with Gasteiger partial charge in [-0.15, -0.1) is 0 Å². The molecule has 5 heteroatoms. The summed E-state index contributed by atoms with van der Waals surface area (Å²) in [7, 11) is 0. The summed E-state index contributed by atoms with van der Waals surface area (Å²) < 4.78 is 0. The van der Waals surface area contributed by atoms with E-state index in [1.165, 1.54) is 0 Å². The van der Waals surface area contributed by atoms with Crippen LogP contribution in [0.25, 0.3) is 0 Å². The van der Waals surface area contributed by atoms with Crippen molar-refractivity contribution >= 4 is 11.8 Å². The topological polar surface area (TPSA) is 78.4 Å². The van der Waals surface area contributed by atoms with Crippen molar-refractivity contribution in [2.45, 2.75) is 32.9 Å². The van der Waals surface area contributed by atoms with Crippen LogP contribution in [-0.2, 0) is 4.79 Å². The summed E-state index contributed by atoms with van der Waals surface area (Å²) in [5, 5.41) is 14.9. The van der Waals surface area contributed by atoms with Gasteiger partial charge >= 0.3 is 0 Å². The van der Waals surface area contributed by atoms with E-state index in [9.17, 15) is 14.7 Å². The zero-order chi connectivity index (χ0) is 18.4. The van der Waals surface area contributed by atoms with Crippen molar-refractivity contribution in [2.75, 3.05) is 6.61 Å². The molecule has 5 nitrogen and oxygen atoms in total. The normalized spacial score (nSPS) is 13.0. The molecule has 0 aromatic heterocycles. The minimum absolute atomic E-state index is 0.227. The average molecular weight is 340 g/mol. The van der Waals surface area contributed by atoms with Gasteiger partial charge in [0, 0.05) is 5.56 Å².